The van der Waals surface area contributed by atoms with Crippen LogP contribution in [0.1, 0.15) is 58.1 Å². The van der Waals surface area contributed by atoms with Crippen molar-refractivity contribution in [1.82, 2.24) is 25.0 Å². The maximum Gasteiger partial charge on any atom is 0.256 e. The lowest BCUT2D eigenvalue weighted by atomic mass is 9.98. The molecule has 1 unspecified atom stereocenters. The molecule has 1 N–H and O–H groups in total. The van der Waals surface area contributed by atoms with Gasteiger partial charge in [0.15, 0.2) is 31.5 Å². The number of ether oxygens (including phenoxy) is 1. The van der Waals surface area contributed by atoms with Crippen LogP contribution in [0.2, 0.25) is 18.1 Å². The summed E-state index contributed by atoms with van der Waals surface area (Å²) >= 11 is 0. The monoisotopic (exact) mass is 558 g/mol. The number of aromatic nitrogens is 5. The van der Waals surface area contributed by atoms with Crippen molar-refractivity contribution in [1.29, 1.82) is 0 Å². The molecule has 1 aromatic carbocycles. The van der Waals surface area contributed by atoms with Crippen molar-refractivity contribution < 1.29 is 14.0 Å². The van der Waals surface area contributed by atoms with E-state index in [2.05, 4.69) is 79.7 Å². The molecule has 4 rings (SSSR count). The SMILES string of the molecule is C.CC[C@H]1O[C@@H](n2nnc3c(NC(=O)c4ccccc4)ncnc32)C(O[Si](C)(C)C(C)(C)C)[C@H]1CP(C)C. The number of rotatable bonds is 8. The van der Waals surface area contributed by atoms with Gasteiger partial charge in [-0.2, -0.15) is 4.68 Å². The minimum absolute atomic E-state index is 0. The molecule has 1 amide bonds. The molecule has 11 heteroatoms. The molecule has 38 heavy (non-hydrogen) atoms. The summed E-state index contributed by atoms with van der Waals surface area (Å²) in [5, 5.41) is 11.8. The van der Waals surface area contributed by atoms with Crippen molar-refractivity contribution >= 4 is 39.1 Å². The van der Waals surface area contributed by atoms with Gasteiger partial charge in [-0.1, -0.05) is 58.5 Å². The Morgan fingerprint density at radius 2 is 1.87 bits per heavy atom. The zero-order chi connectivity index (χ0) is 27.0. The molecule has 9 nitrogen and oxygen atoms in total. The molecule has 0 bridgehead atoms. The number of nitrogens with zero attached hydrogens (tertiary/aromatic N) is 5. The number of anilines is 1. The van der Waals surface area contributed by atoms with Crippen LogP contribution in [-0.2, 0) is 9.16 Å². The van der Waals surface area contributed by atoms with E-state index in [0.717, 1.165) is 12.6 Å². The Bertz CT molecular complexity index is 1230. The molecule has 1 fully saturated rings. The first kappa shape index (κ1) is 30.3. The summed E-state index contributed by atoms with van der Waals surface area (Å²) in [6.07, 6.45) is 2.80. The van der Waals surface area contributed by atoms with Gasteiger partial charge < -0.3 is 14.5 Å². The second-order valence-corrected chi connectivity index (χ2v) is 18.8. The number of carbonyl (C=O) groups is 1. The third-order valence-electron chi connectivity index (χ3n) is 7.48. The average Bonchev–Trinajstić information content (AvgIpc) is 3.40. The van der Waals surface area contributed by atoms with E-state index in [1.807, 2.05) is 18.2 Å². The van der Waals surface area contributed by atoms with Crippen LogP contribution in [0.15, 0.2) is 36.7 Å². The van der Waals surface area contributed by atoms with Gasteiger partial charge in [-0.3, -0.25) is 4.79 Å². The predicted octanol–water partition coefficient (Wildman–Crippen LogP) is 6.17. The fourth-order valence-electron chi connectivity index (χ4n) is 4.48. The van der Waals surface area contributed by atoms with Gasteiger partial charge in [0.25, 0.3) is 5.91 Å². The zero-order valence-electron chi connectivity index (χ0n) is 23.1. The van der Waals surface area contributed by atoms with Crippen LogP contribution in [0, 0.1) is 5.92 Å². The van der Waals surface area contributed by atoms with Crippen LogP contribution < -0.4 is 5.32 Å². The fourth-order valence-corrected chi connectivity index (χ4v) is 7.09. The lowest BCUT2D eigenvalue weighted by molar-refractivity contribution is -0.0401. The van der Waals surface area contributed by atoms with E-state index < -0.39 is 14.5 Å². The maximum absolute atomic E-state index is 12.8. The summed E-state index contributed by atoms with van der Waals surface area (Å²) in [5.74, 6) is 0.305. The summed E-state index contributed by atoms with van der Waals surface area (Å²) in [7, 11) is -2.27. The molecule has 3 heterocycles. The number of nitrogens with one attached hydrogen (secondary N) is 1. The van der Waals surface area contributed by atoms with Crippen molar-refractivity contribution in [3.8, 4) is 0 Å². The van der Waals surface area contributed by atoms with E-state index in [9.17, 15) is 4.79 Å². The summed E-state index contributed by atoms with van der Waals surface area (Å²) in [6.45, 7) is 18.1. The first-order chi connectivity index (χ1) is 17.4. The molecule has 0 aliphatic carbocycles. The second-order valence-electron chi connectivity index (χ2n) is 11.5. The number of amides is 1. The van der Waals surface area contributed by atoms with Gasteiger partial charge in [0.1, 0.15) is 6.33 Å². The Morgan fingerprint density at radius 1 is 1.18 bits per heavy atom. The lowest BCUT2D eigenvalue weighted by Gasteiger charge is -2.41. The van der Waals surface area contributed by atoms with Crippen molar-refractivity contribution in [2.45, 2.75) is 78.1 Å². The van der Waals surface area contributed by atoms with Crippen LogP contribution in [0.25, 0.3) is 11.2 Å². The molecule has 1 saturated heterocycles. The van der Waals surface area contributed by atoms with E-state index in [-0.39, 0.29) is 44.4 Å². The largest absolute Gasteiger partial charge is 0.409 e. The summed E-state index contributed by atoms with van der Waals surface area (Å²) in [6, 6.07) is 9.01. The molecule has 1 aliphatic heterocycles. The van der Waals surface area contributed by atoms with Gasteiger partial charge in [-0.15, -0.1) is 13.0 Å². The van der Waals surface area contributed by atoms with Crippen molar-refractivity contribution in [3.63, 3.8) is 0 Å². The smallest absolute Gasteiger partial charge is 0.256 e. The maximum atomic E-state index is 12.8. The van der Waals surface area contributed by atoms with Gasteiger partial charge >= 0.3 is 0 Å². The van der Waals surface area contributed by atoms with Crippen LogP contribution in [0.3, 0.4) is 0 Å². The number of hydrogen-bond donors (Lipinski definition) is 1. The first-order valence-electron chi connectivity index (χ1n) is 12.8. The van der Waals surface area contributed by atoms with Gasteiger partial charge in [0.2, 0.25) is 0 Å². The Morgan fingerprint density at radius 3 is 2.47 bits per heavy atom. The van der Waals surface area contributed by atoms with Crippen molar-refractivity contribution in [2.75, 3.05) is 24.8 Å². The number of carbonyl (C=O) groups excluding carboxylic acids is 1. The van der Waals surface area contributed by atoms with Gasteiger partial charge in [0, 0.05) is 11.5 Å². The van der Waals surface area contributed by atoms with Gasteiger partial charge in [-0.25, -0.2) is 9.97 Å². The average molecular weight is 559 g/mol. The summed E-state index contributed by atoms with van der Waals surface area (Å²) in [4.78, 5) is 21.6. The summed E-state index contributed by atoms with van der Waals surface area (Å²) in [5.41, 5.74) is 1.47. The molecule has 3 aromatic rings. The Labute approximate surface area is 229 Å². The minimum Gasteiger partial charge on any atom is -0.409 e. The topological polar surface area (TPSA) is 104 Å². The van der Waals surface area contributed by atoms with Gasteiger partial charge in [-0.05, 0) is 56.2 Å². The third-order valence-corrected chi connectivity index (χ3v) is 13.1. The zero-order valence-corrected chi connectivity index (χ0v) is 25.0. The quantitative estimate of drug-likeness (QED) is 0.261. The normalized spacial score (nSPS) is 22.0. The molecule has 1 aliphatic rings. The standard InChI is InChI=1S/C26H39N6O3PSi.CH4/c1-9-19-18(15-36(5)6)21(35-37(7,8)26(2,3)4)25(34-19)32-23-20(30-31-32)22(27-16-28-23)29-24(33)17-13-11-10-12-14-17;/h10-14,16,18-19,21,25H,9,15H2,1-8H3,(H,27,28,29,33);1H4/t18-,19+,21?,25+;/m0./s1. The fraction of sp³-hybridized carbons (Fsp3) is 0.593. The lowest BCUT2D eigenvalue weighted by Crippen LogP contribution is -2.47. The highest BCUT2D eigenvalue weighted by atomic mass is 31.1. The van der Waals surface area contributed by atoms with Gasteiger partial charge in [0.05, 0.1) is 12.2 Å². The molecule has 0 radical (unpaired) electrons. The highest BCUT2D eigenvalue weighted by Crippen LogP contribution is 2.47. The molecule has 0 spiro atoms. The molecule has 4 atom stereocenters. The van der Waals surface area contributed by atoms with Crippen LogP contribution in [-0.4, -0.2) is 70.9 Å². The number of fused-ring (bicyclic) bond motifs is 1. The highest BCUT2D eigenvalue weighted by Gasteiger charge is 2.51. The minimum atomic E-state index is -2.12. The molecule has 2 aromatic heterocycles. The van der Waals surface area contributed by atoms with E-state index in [1.54, 1.807) is 16.8 Å². The van der Waals surface area contributed by atoms with Crippen LogP contribution >= 0.6 is 7.92 Å². The Balaban J connectivity index is 0.00000400. The molecular formula is C27H43N6O3PSi. The molecule has 0 saturated carbocycles. The van der Waals surface area contributed by atoms with Crippen molar-refractivity contribution in [3.05, 3.63) is 42.2 Å². The van der Waals surface area contributed by atoms with Crippen LogP contribution in [0.4, 0.5) is 5.82 Å². The second kappa shape index (κ2) is 11.9. The van der Waals surface area contributed by atoms with E-state index >= 15 is 0 Å². The number of benzene rings is 1. The summed E-state index contributed by atoms with van der Waals surface area (Å²) < 4.78 is 15.5. The predicted molar refractivity (Wildman–Crippen MR) is 158 cm³/mol. The Hall–Kier alpha value is -2.26. The van der Waals surface area contributed by atoms with Crippen LogP contribution in [0.5, 0.6) is 0 Å². The van der Waals surface area contributed by atoms with E-state index in [1.165, 1.54) is 6.33 Å². The first-order valence-corrected chi connectivity index (χ1v) is 18.2. The third kappa shape index (κ3) is 6.14. The van der Waals surface area contributed by atoms with E-state index in [4.69, 9.17) is 9.16 Å². The Kier molecular flexibility index (Phi) is 9.45. The molecule has 208 valence electrons. The van der Waals surface area contributed by atoms with Crippen molar-refractivity contribution in [2.24, 2.45) is 5.92 Å². The highest BCUT2D eigenvalue weighted by molar-refractivity contribution is 7.56. The number of hydrogen-bond acceptors (Lipinski definition) is 7. The molecular weight excluding hydrogens is 515 g/mol. The van der Waals surface area contributed by atoms with E-state index in [0.29, 0.717) is 22.5 Å².